The first kappa shape index (κ1) is 14.9. The van der Waals surface area contributed by atoms with E-state index < -0.39 is 10.8 Å². The Morgan fingerprint density at radius 1 is 1.17 bits per heavy atom. The van der Waals surface area contributed by atoms with Crippen molar-refractivity contribution >= 4 is 39.8 Å². The van der Waals surface area contributed by atoms with Crippen LogP contribution < -0.4 is 5.32 Å². The van der Waals surface area contributed by atoms with Gasteiger partial charge in [-0.3, -0.25) is 19.9 Å². The van der Waals surface area contributed by atoms with E-state index in [2.05, 4.69) is 10.3 Å². The Morgan fingerprint density at radius 2 is 1.96 bits per heavy atom. The van der Waals surface area contributed by atoms with Gasteiger partial charge in [0.1, 0.15) is 0 Å². The summed E-state index contributed by atoms with van der Waals surface area (Å²) in [6.45, 7) is 0. The number of non-ortho nitro benzene ring substituents is 1. The Bertz CT molecular complexity index is 927. The zero-order valence-corrected chi connectivity index (χ0v) is 12.4. The van der Waals surface area contributed by atoms with Crippen molar-refractivity contribution in [3.05, 3.63) is 75.4 Å². The molecule has 0 spiro atoms. The first-order valence-corrected chi connectivity index (χ1v) is 7.03. The fraction of sp³-hybridized carbons (Fsp3) is 0. The average molecular weight is 328 g/mol. The number of aromatic nitrogens is 1. The Hall–Kier alpha value is -2.99. The van der Waals surface area contributed by atoms with Crippen LogP contribution in [-0.4, -0.2) is 15.8 Å². The number of hydrogen-bond donors (Lipinski definition) is 1. The SMILES string of the molecule is O=C(Nc1ccnc2c(Cl)cccc12)c1cccc([N+](=O)[O-])c1. The van der Waals surface area contributed by atoms with Crippen LogP contribution in [0.1, 0.15) is 10.4 Å². The van der Waals surface area contributed by atoms with E-state index in [0.717, 1.165) is 0 Å². The molecule has 23 heavy (non-hydrogen) atoms. The quantitative estimate of drug-likeness (QED) is 0.581. The van der Waals surface area contributed by atoms with Crippen molar-refractivity contribution in [2.75, 3.05) is 5.32 Å². The third kappa shape index (κ3) is 2.97. The maximum Gasteiger partial charge on any atom is 0.270 e. The van der Waals surface area contributed by atoms with E-state index in [9.17, 15) is 14.9 Å². The van der Waals surface area contributed by atoms with E-state index in [4.69, 9.17) is 11.6 Å². The van der Waals surface area contributed by atoms with Crippen molar-refractivity contribution in [2.24, 2.45) is 0 Å². The fourth-order valence-electron chi connectivity index (χ4n) is 2.20. The summed E-state index contributed by atoms with van der Waals surface area (Å²) in [5, 5.41) is 14.7. The lowest BCUT2D eigenvalue weighted by molar-refractivity contribution is -0.384. The molecule has 0 bridgehead atoms. The van der Waals surface area contributed by atoms with Gasteiger partial charge in [-0.1, -0.05) is 29.8 Å². The van der Waals surface area contributed by atoms with E-state index in [-0.39, 0.29) is 11.3 Å². The van der Waals surface area contributed by atoms with E-state index in [1.54, 1.807) is 24.3 Å². The minimum absolute atomic E-state index is 0.139. The fourth-order valence-corrected chi connectivity index (χ4v) is 2.43. The third-order valence-corrected chi connectivity index (χ3v) is 3.59. The number of nitrogens with zero attached hydrogens (tertiary/aromatic N) is 2. The van der Waals surface area contributed by atoms with E-state index >= 15 is 0 Å². The maximum atomic E-state index is 12.3. The van der Waals surface area contributed by atoms with Crippen molar-refractivity contribution in [3.8, 4) is 0 Å². The standard InChI is InChI=1S/C16H10ClN3O3/c17-13-6-2-5-12-14(7-8-18-15(12)13)19-16(21)10-3-1-4-11(9-10)20(22)23/h1-9H,(H,18,19,21). The molecule has 0 fully saturated rings. The zero-order chi connectivity index (χ0) is 16.4. The number of para-hydroxylation sites is 1. The lowest BCUT2D eigenvalue weighted by Gasteiger charge is -2.09. The molecule has 0 radical (unpaired) electrons. The van der Waals surface area contributed by atoms with Crippen LogP contribution in [0.3, 0.4) is 0 Å². The van der Waals surface area contributed by atoms with Crippen LogP contribution in [0.5, 0.6) is 0 Å². The van der Waals surface area contributed by atoms with Gasteiger partial charge >= 0.3 is 0 Å². The summed E-state index contributed by atoms with van der Waals surface area (Å²) in [6.07, 6.45) is 1.54. The van der Waals surface area contributed by atoms with Gasteiger partial charge in [0.2, 0.25) is 0 Å². The largest absolute Gasteiger partial charge is 0.321 e. The third-order valence-electron chi connectivity index (χ3n) is 3.29. The maximum absolute atomic E-state index is 12.3. The lowest BCUT2D eigenvalue weighted by Crippen LogP contribution is -2.12. The van der Waals surface area contributed by atoms with Crippen molar-refractivity contribution < 1.29 is 9.72 Å². The van der Waals surface area contributed by atoms with Gasteiger partial charge in [-0.05, 0) is 18.2 Å². The topological polar surface area (TPSA) is 85.1 Å². The molecule has 1 N–H and O–H groups in total. The first-order chi connectivity index (χ1) is 11.1. The molecule has 6 nitrogen and oxygen atoms in total. The summed E-state index contributed by atoms with van der Waals surface area (Å²) in [6, 6.07) is 12.4. The summed E-state index contributed by atoms with van der Waals surface area (Å²) in [5.41, 5.74) is 1.17. The molecule has 0 saturated carbocycles. The average Bonchev–Trinajstić information content (AvgIpc) is 2.56. The van der Waals surface area contributed by atoms with Crippen LogP contribution in [0.4, 0.5) is 11.4 Å². The number of anilines is 1. The van der Waals surface area contributed by atoms with Gasteiger partial charge in [0.15, 0.2) is 0 Å². The summed E-state index contributed by atoms with van der Waals surface area (Å²) >= 11 is 6.09. The number of nitrogens with one attached hydrogen (secondary N) is 1. The molecule has 3 aromatic rings. The Balaban J connectivity index is 1.96. The van der Waals surface area contributed by atoms with Crippen LogP contribution in [0.25, 0.3) is 10.9 Å². The molecule has 7 heteroatoms. The Kier molecular flexibility index (Phi) is 3.91. The van der Waals surface area contributed by atoms with Crippen molar-refractivity contribution in [3.63, 3.8) is 0 Å². The first-order valence-electron chi connectivity index (χ1n) is 6.65. The van der Waals surface area contributed by atoms with Gasteiger partial charge in [0.05, 0.1) is 21.2 Å². The smallest absolute Gasteiger partial charge is 0.270 e. The van der Waals surface area contributed by atoms with Gasteiger partial charge in [-0.15, -0.1) is 0 Å². The van der Waals surface area contributed by atoms with Crippen molar-refractivity contribution in [1.29, 1.82) is 0 Å². The highest BCUT2D eigenvalue weighted by Crippen LogP contribution is 2.27. The molecular formula is C16H10ClN3O3. The molecule has 0 unspecified atom stereocenters. The van der Waals surface area contributed by atoms with Crippen LogP contribution in [0.15, 0.2) is 54.7 Å². The molecule has 3 rings (SSSR count). The van der Waals surface area contributed by atoms with Crippen LogP contribution >= 0.6 is 11.6 Å². The van der Waals surface area contributed by atoms with Crippen LogP contribution in [0, 0.1) is 10.1 Å². The molecule has 1 aromatic heterocycles. The van der Waals surface area contributed by atoms with E-state index in [0.29, 0.717) is 21.6 Å². The highest BCUT2D eigenvalue weighted by molar-refractivity contribution is 6.35. The normalized spacial score (nSPS) is 10.5. The summed E-state index contributed by atoms with van der Waals surface area (Å²) < 4.78 is 0. The van der Waals surface area contributed by atoms with Gasteiger partial charge in [-0.25, -0.2) is 0 Å². The second kappa shape index (κ2) is 6.02. The van der Waals surface area contributed by atoms with Crippen molar-refractivity contribution in [1.82, 2.24) is 4.98 Å². The molecule has 0 aliphatic carbocycles. The number of amides is 1. The number of rotatable bonds is 3. The second-order valence-electron chi connectivity index (χ2n) is 4.76. The number of halogens is 1. The predicted molar refractivity (Wildman–Crippen MR) is 87.8 cm³/mol. The molecule has 0 atom stereocenters. The number of carbonyl (C=O) groups is 1. The lowest BCUT2D eigenvalue weighted by atomic mass is 10.1. The Labute approximate surface area is 135 Å². The minimum atomic E-state index is -0.543. The van der Waals surface area contributed by atoms with Gasteiger partial charge in [0, 0.05) is 29.3 Å². The molecule has 1 heterocycles. The number of nitro groups is 1. The summed E-state index contributed by atoms with van der Waals surface area (Å²) in [4.78, 5) is 26.8. The molecule has 0 aliphatic rings. The molecule has 114 valence electrons. The zero-order valence-electron chi connectivity index (χ0n) is 11.7. The monoisotopic (exact) mass is 327 g/mol. The summed E-state index contributed by atoms with van der Waals surface area (Å²) in [7, 11) is 0. The van der Waals surface area contributed by atoms with Gasteiger partial charge < -0.3 is 5.32 Å². The molecule has 1 amide bonds. The number of pyridine rings is 1. The number of nitro benzene ring substituents is 1. The van der Waals surface area contributed by atoms with Crippen LogP contribution in [0.2, 0.25) is 5.02 Å². The highest BCUT2D eigenvalue weighted by Gasteiger charge is 2.13. The van der Waals surface area contributed by atoms with Gasteiger partial charge in [-0.2, -0.15) is 0 Å². The minimum Gasteiger partial charge on any atom is -0.321 e. The van der Waals surface area contributed by atoms with Gasteiger partial charge in [0.25, 0.3) is 11.6 Å². The van der Waals surface area contributed by atoms with E-state index in [1.807, 2.05) is 0 Å². The Morgan fingerprint density at radius 3 is 2.74 bits per heavy atom. The number of fused-ring (bicyclic) bond motifs is 1. The molecule has 2 aromatic carbocycles. The molecule has 0 aliphatic heterocycles. The summed E-state index contributed by atoms with van der Waals surface area (Å²) in [5.74, 6) is -0.443. The molecule has 0 saturated heterocycles. The van der Waals surface area contributed by atoms with Crippen LogP contribution in [-0.2, 0) is 0 Å². The number of benzene rings is 2. The highest BCUT2D eigenvalue weighted by atomic mass is 35.5. The second-order valence-corrected chi connectivity index (χ2v) is 5.16. The molecular weight excluding hydrogens is 318 g/mol. The number of carbonyl (C=O) groups excluding carboxylic acids is 1. The van der Waals surface area contributed by atoms with E-state index in [1.165, 1.54) is 30.5 Å². The number of hydrogen-bond acceptors (Lipinski definition) is 4. The van der Waals surface area contributed by atoms with Crippen molar-refractivity contribution in [2.45, 2.75) is 0 Å². The predicted octanol–water partition coefficient (Wildman–Crippen LogP) is 4.05.